The Morgan fingerprint density at radius 3 is 2.12 bits per heavy atom. The molecule has 0 aliphatic carbocycles. The predicted molar refractivity (Wildman–Crippen MR) is 161 cm³/mol. The largest absolute Gasteiger partial charge is 0.496 e. The van der Waals surface area contributed by atoms with Gasteiger partial charge in [-0.15, -0.1) is 0 Å². The van der Waals surface area contributed by atoms with E-state index in [1.54, 1.807) is 27.5 Å². The normalized spacial score (nSPS) is 13.4. The molecule has 1 amide bonds. The number of carbonyl (C=O) groups is 2. The molecule has 8 heteroatoms. The minimum atomic E-state index is -0.342. The highest BCUT2D eigenvalue weighted by Crippen LogP contribution is 2.34. The zero-order chi connectivity index (χ0) is 29.7. The minimum absolute atomic E-state index is 0.109. The number of hydrogen-bond acceptors (Lipinski definition) is 6. The van der Waals surface area contributed by atoms with E-state index in [4.69, 9.17) is 14.2 Å². The highest BCUT2D eigenvalue weighted by molar-refractivity contribution is 5.94. The number of ether oxygens (including phenoxy) is 3. The number of benzene rings is 2. The molecule has 0 radical (unpaired) electrons. The highest BCUT2D eigenvalue weighted by Gasteiger charge is 2.26. The molecule has 0 spiro atoms. The number of rotatable bonds is 8. The molecule has 41 heavy (non-hydrogen) atoms. The average molecular weight is 562 g/mol. The van der Waals surface area contributed by atoms with Gasteiger partial charge in [-0.05, 0) is 97.4 Å². The van der Waals surface area contributed by atoms with Crippen LogP contribution in [0.2, 0.25) is 0 Å². The maximum atomic E-state index is 12.1. The van der Waals surface area contributed by atoms with Gasteiger partial charge in [0.15, 0.2) is 5.69 Å². The van der Waals surface area contributed by atoms with Crippen LogP contribution in [0.3, 0.4) is 0 Å². The second kappa shape index (κ2) is 13.2. The molecular weight excluding hydrogens is 518 g/mol. The molecule has 2 aliphatic rings. The van der Waals surface area contributed by atoms with E-state index < -0.39 is 0 Å². The summed E-state index contributed by atoms with van der Waals surface area (Å²) in [5, 5.41) is 2.93. The molecule has 3 aromatic rings. The number of esters is 1. The SMILES string of the molecule is CCOC(=O)c1ncn2c1CCc1cc(OC)c(CC(C)C)cc1-2.COc1cc2c(cc1CC(C)C)NC(=O)CC2. The van der Waals surface area contributed by atoms with Crippen LogP contribution in [0, 0.1) is 11.8 Å². The number of anilines is 1. The first-order valence-corrected chi connectivity index (χ1v) is 14.6. The van der Waals surface area contributed by atoms with Crippen molar-refractivity contribution in [2.24, 2.45) is 11.8 Å². The lowest BCUT2D eigenvalue weighted by atomic mass is 9.94. The van der Waals surface area contributed by atoms with Gasteiger partial charge in [-0.2, -0.15) is 0 Å². The summed E-state index contributed by atoms with van der Waals surface area (Å²) in [7, 11) is 3.42. The van der Waals surface area contributed by atoms with Crippen LogP contribution in [-0.4, -0.2) is 42.3 Å². The molecule has 8 nitrogen and oxygen atoms in total. The van der Waals surface area contributed by atoms with Crippen molar-refractivity contribution in [1.82, 2.24) is 9.55 Å². The summed E-state index contributed by atoms with van der Waals surface area (Å²) in [6.45, 7) is 10.9. The van der Waals surface area contributed by atoms with Crippen molar-refractivity contribution in [1.29, 1.82) is 0 Å². The molecule has 0 fully saturated rings. The van der Waals surface area contributed by atoms with Crippen molar-refractivity contribution >= 4 is 17.6 Å². The summed E-state index contributed by atoms with van der Waals surface area (Å²) in [6.07, 6.45) is 6.65. The van der Waals surface area contributed by atoms with Crippen molar-refractivity contribution in [2.45, 2.75) is 73.1 Å². The molecule has 220 valence electrons. The number of aromatic nitrogens is 2. The van der Waals surface area contributed by atoms with Gasteiger partial charge in [0.1, 0.15) is 17.8 Å². The number of amides is 1. The zero-order valence-electron chi connectivity index (χ0n) is 25.4. The lowest BCUT2D eigenvalue weighted by Gasteiger charge is -2.22. The van der Waals surface area contributed by atoms with Crippen LogP contribution in [0.5, 0.6) is 11.5 Å². The predicted octanol–water partition coefficient (Wildman–Crippen LogP) is 6.13. The lowest BCUT2D eigenvalue weighted by Crippen LogP contribution is -2.19. The number of methoxy groups -OCH3 is 2. The van der Waals surface area contributed by atoms with Gasteiger partial charge in [0.2, 0.25) is 5.91 Å². The number of hydrogen-bond donors (Lipinski definition) is 1. The first-order chi connectivity index (χ1) is 19.6. The molecule has 2 aromatic carbocycles. The van der Waals surface area contributed by atoms with Crippen LogP contribution >= 0.6 is 0 Å². The van der Waals surface area contributed by atoms with Gasteiger partial charge < -0.3 is 24.1 Å². The van der Waals surface area contributed by atoms with Crippen molar-refractivity contribution < 1.29 is 23.8 Å². The molecule has 2 aliphatic heterocycles. The molecule has 0 atom stereocenters. The zero-order valence-corrected chi connectivity index (χ0v) is 25.4. The molecular formula is C33H43N3O5. The van der Waals surface area contributed by atoms with E-state index >= 15 is 0 Å². The van der Waals surface area contributed by atoms with Crippen molar-refractivity contribution in [3.63, 3.8) is 0 Å². The number of aryl methyl sites for hydroxylation is 2. The fraction of sp³-hybridized carbons (Fsp3) is 0.485. The van der Waals surface area contributed by atoms with Crippen LogP contribution in [0.4, 0.5) is 5.69 Å². The fourth-order valence-corrected chi connectivity index (χ4v) is 5.55. The van der Waals surface area contributed by atoms with Crippen LogP contribution in [0.1, 0.15) is 79.5 Å². The van der Waals surface area contributed by atoms with E-state index in [0.717, 1.165) is 60.7 Å². The second-order valence-corrected chi connectivity index (χ2v) is 11.5. The van der Waals surface area contributed by atoms with Gasteiger partial charge in [0.25, 0.3) is 0 Å². The first kappa shape index (κ1) is 30.2. The van der Waals surface area contributed by atoms with E-state index in [1.165, 1.54) is 22.3 Å². The maximum absolute atomic E-state index is 12.1. The Bertz CT molecular complexity index is 1410. The van der Waals surface area contributed by atoms with E-state index in [2.05, 4.69) is 62.3 Å². The number of fused-ring (bicyclic) bond motifs is 4. The molecule has 0 bridgehead atoms. The summed E-state index contributed by atoms with van der Waals surface area (Å²) < 4.78 is 18.1. The Morgan fingerprint density at radius 2 is 1.51 bits per heavy atom. The second-order valence-electron chi connectivity index (χ2n) is 11.5. The smallest absolute Gasteiger partial charge is 0.358 e. The standard InChI is InChI=1S/C19H24N2O3.C14H19NO2/c1-5-24-19(22)18-15-7-6-13-10-17(23-4)14(8-12(2)3)9-16(13)21(15)11-20-18;1-9(2)6-11-7-12-10(8-13(11)17-3)4-5-14(16)15-12/h9-12H,5-8H2,1-4H3;7-9H,4-6H2,1-3H3,(H,15,16). The first-order valence-electron chi connectivity index (χ1n) is 14.6. The average Bonchev–Trinajstić information content (AvgIpc) is 3.37. The number of nitrogens with zero attached hydrogens (tertiary/aromatic N) is 2. The van der Waals surface area contributed by atoms with Crippen LogP contribution < -0.4 is 14.8 Å². The van der Waals surface area contributed by atoms with Crippen molar-refractivity contribution in [3.8, 4) is 17.2 Å². The third-order valence-electron chi connectivity index (χ3n) is 7.37. The van der Waals surface area contributed by atoms with Gasteiger partial charge in [-0.25, -0.2) is 9.78 Å². The van der Waals surface area contributed by atoms with Gasteiger partial charge in [-0.1, -0.05) is 27.7 Å². The van der Waals surface area contributed by atoms with Gasteiger partial charge in [0, 0.05) is 12.1 Å². The van der Waals surface area contributed by atoms with E-state index in [1.807, 2.05) is 4.57 Å². The summed E-state index contributed by atoms with van der Waals surface area (Å²) >= 11 is 0. The summed E-state index contributed by atoms with van der Waals surface area (Å²) in [5.74, 6) is 2.76. The Labute approximate surface area is 243 Å². The third-order valence-corrected chi connectivity index (χ3v) is 7.37. The lowest BCUT2D eigenvalue weighted by molar-refractivity contribution is -0.116. The Balaban J connectivity index is 0.000000201. The van der Waals surface area contributed by atoms with Crippen LogP contribution in [0.25, 0.3) is 5.69 Å². The molecule has 5 rings (SSSR count). The quantitative estimate of drug-likeness (QED) is 0.333. The molecule has 0 unspecified atom stereocenters. The Morgan fingerprint density at radius 1 is 0.902 bits per heavy atom. The molecule has 1 N–H and O–H groups in total. The van der Waals surface area contributed by atoms with Crippen LogP contribution in [-0.2, 0) is 41.6 Å². The Hall–Kier alpha value is -3.81. The summed E-state index contributed by atoms with van der Waals surface area (Å²) in [6, 6.07) is 8.42. The molecule has 0 saturated carbocycles. The van der Waals surface area contributed by atoms with Crippen molar-refractivity contribution in [3.05, 3.63) is 64.2 Å². The summed E-state index contributed by atoms with van der Waals surface area (Å²) in [5.41, 5.74) is 8.17. The van der Waals surface area contributed by atoms with E-state index in [0.29, 0.717) is 30.6 Å². The number of imidazole rings is 1. The van der Waals surface area contributed by atoms with E-state index in [9.17, 15) is 9.59 Å². The topological polar surface area (TPSA) is 91.7 Å². The Kier molecular flexibility index (Phi) is 9.73. The monoisotopic (exact) mass is 561 g/mol. The van der Waals surface area contributed by atoms with Crippen LogP contribution in [0.15, 0.2) is 30.6 Å². The number of nitrogens with one attached hydrogen (secondary N) is 1. The highest BCUT2D eigenvalue weighted by atomic mass is 16.5. The van der Waals surface area contributed by atoms with Gasteiger partial charge >= 0.3 is 5.97 Å². The molecule has 1 aromatic heterocycles. The maximum Gasteiger partial charge on any atom is 0.358 e. The number of carbonyl (C=O) groups excluding carboxylic acids is 2. The van der Waals surface area contributed by atoms with Gasteiger partial charge in [-0.3, -0.25) is 4.79 Å². The summed E-state index contributed by atoms with van der Waals surface area (Å²) in [4.78, 5) is 27.8. The molecule has 3 heterocycles. The molecule has 0 saturated heterocycles. The third kappa shape index (κ3) is 6.92. The fourth-order valence-electron chi connectivity index (χ4n) is 5.55. The van der Waals surface area contributed by atoms with Crippen molar-refractivity contribution in [2.75, 3.05) is 26.1 Å². The van der Waals surface area contributed by atoms with E-state index in [-0.39, 0.29) is 11.9 Å². The van der Waals surface area contributed by atoms with Gasteiger partial charge in [0.05, 0.1) is 32.2 Å². The minimum Gasteiger partial charge on any atom is -0.496 e.